The summed E-state index contributed by atoms with van der Waals surface area (Å²) < 4.78 is 4.79. The zero-order valence-electron chi connectivity index (χ0n) is 24.3. The lowest BCUT2D eigenvalue weighted by atomic mass is 9.95. The van der Waals surface area contributed by atoms with Crippen LogP contribution < -0.4 is 0 Å². The highest BCUT2D eigenvalue weighted by molar-refractivity contribution is 6.14. The summed E-state index contributed by atoms with van der Waals surface area (Å²) in [6.45, 7) is 0. The van der Waals surface area contributed by atoms with Gasteiger partial charge in [-0.1, -0.05) is 97.1 Å². The first-order valence-electron chi connectivity index (χ1n) is 15.5. The van der Waals surface area contributed by atoms with Crippen LogP contribution >= 0.6 is 0 Å². The predicted molar refractivity (Wildman–Crippen MR) is 181 cm³/mol. The Morgan fingerprint density at radius 1 is 0.455 bits per heavy atom. The van der Waals surface area contributed by atoms with E-state index in [4.69, 9.17) is 9.97 Å². The Balaban J connectivity index is 1.38. The summed E-state index contributed by atoms with van der Waals surface area (Å²) >= 11 is 0. The molecule has 0 unspecified atom stereocenters. The van der Waals surface area contributed by atoms with Gasteiger partial charge in [0.2, 0.25) is 5.95 Å². The maximum Gasteiger partial charge on any atom is 0.235 e. The molecule has 3 heterocycles. The summed E-state index contributed by atoms with van der Waals surface area (Å²) in [6.07, 6.45) is 4.46. The Kier molecular flexibility index (Phi) is 5.73. The third-order valence-electron chi connectivity index (χ3n) is 9.13. The van der Waals surface area contributed by atoms with E-state index in [0.29, 0.717) is 0 Å². The van der Waals surface area contributed by atoms with Crippen molar-refractivity contribution in [3.63, 3.8) is 0 Å². The van der Waals surface area contributed by atoms with Gasteiger partial charge in [-0.15, -0.1) is 0 Å². The Hall–Kier alpha value is -5.48. The van der Waals surface area contributed by atoms with Crippen molar-refractivity contribution in [2.45, 2.75) is 25.7 Å². The minimum atomic E-state index is 0.740. The predicted octanol–water partition coefficient (Wildman–Crippen LogP) is 9.73. The van der Waals surface area contributed by atoms with Crippen LogP contribution in [-0.4, -0.2) is 19.1 Å². The number of para-hydroxylation sites is 2. The molecule has 4 nitrogen and oxygen atoms in total. The fraction of sp³-hybridized carbons (Fsp3) is 0.100. The van der Waals surface area contributed by atoms with Gasteiger partial charge in [0.25, 0.3) is 0 Å². The van der Waals surface area contributed by atoms with Gasteiger partial charge in [-0.2, -0.15) is 0 Å². The van der Waals surface area contributed by atoms with E-state index < -0.39 is 0 Å². The molecule has 0 amide bonds. The zero-order valence-corrected chi connectivity index (χ0v) is 24.3. The first kappa shape index (κ1) is 25.1. The number of aromatic nitrogens is 4. The van der Waals surface area contributed by atoms with Crippen molar-refractivity contribution in [2.24, 2.45) is 0 Å². The molecule has 0 radical (unpaired) electrons. The summed E-state index contributed by atoms with van der Waals surface area (Å²) in [7, 11) is 0. The molecule has 0 saturated carbocycles. The second-order valence-corrected chi connectivity index (χ2v) is 11.7. The van der Waals surface area contributed by atoms with Crippen molar-refractivity contribution in [3.05, 3.63) is 145 Å². The maximum atomic E-state index is 5.27. The monoisotopic (exact) mass is 566 g/mol. The summed E-state index contributed by atoms with van der Waals surface area (Å²) in [5.74, 6) is 0.740. The molecule has 0 N–H and O–H groups in total. The molecule has 0 saturated heterocycles. The van der Waals surface area contributed by atoms with Gasteiger partial charge in [-0.05, 0) is 67.6 Å². The molecule has 0 fully saturated rings. The molecule has 4 heteroatoms. The first-order valence-corrected chi connectivity index (χ1v) is 15.5. The van der Waals surface area contributed by atoms with E-state index in [9.17, 15) is 0 Å². The van der Waals surface area contributed by atoms with Crippen LogP contribution in [0.4, 0.5) is 0 Å². The summed E-state index contributed by atoms with van der Waals surface area (Å²) in [6, 6.07) is 47.3. The van der Waals surface area contributed by atoms with Gasteiger partial charge in [0.15, 0.2) is 0 Å². The minimum absolute atomic E-state index is 0.740. The average molecular weight is 567 g/mol. The standard InChI is InChI=1S/C40H30N4/c1-4-14-27(15-5-1)34-26-35(28-16-6-2-7-17-28)42-40(41-34)44-37-23-13-11-21-31(37)33-24-38-32(25-39(33)44)30-20-10-12-22-36(30)43(38)29-18-8-3-9-19-29/h1-10,12,14-20,22,24-26H,11,13,21,23H2. The number of hydrogen-bond acceptors (Lipinski definition) is 2. The van der Waals surface area contributed by atoms with Gasteiger partial charge >= 0.3 is 0 Å². The minimum Gasteiger partial charge on any atom is -0.309 e. The quantitative estimate of drug-likeness (QED) is 0.213. The van der Waals surface area contributed by atoms with Crippen LogP contribution in [-0.2, 0) is 12.8 Å². The second-order valence-electron chi connectivity index (χ2n) is 11.7. The summed E-state index contributed by atoms with van der Waals surface area (Å²) in [5, 5.41) is 3.81. The van der Waals surface area contributed by atoms with Crippen molar-refractivity contribution in [1.29, 1.82) is 0 Å². The average Bonchev–Trinajstić information content (AvgIpc) is 3.60. The lowest BCUT2D eigenvalue weighted by Gasteiger charge is -2.16. The van der Waals surface area contributed by atoms with E-state index in [1.165, 1.54) is 62.5 Å². The van der Waals surface area contributed by atoms with Gasteiger partial charge < -0.3 is 4.57 Å². The molecule has 8 aromatic rings. The highest BCUT2D eigenvalue weighted by Crippen LogP contribution is 2.40. The van der Waals surface area contributed by atoms with Gasteiger partial charge in [0, 0.05) is 38.7 Å². The molecule has 1 aliphatic rings. The number of fused-ring (bicyclic) bond motifs is 6. The fourth-order valence-corrected chi connectivity index (χ4v) is 7.13. The molecular weight excluding hydrogens is 536 g/mol. The number of nitrogens with zero attached hydrogens (tertiary/aromatic N) is 4. The Labute approximate surface area is 255 Å². The number of rotatable bonds is 4. The molecule has 0 bridgehead atoms. The maximum absolute atomic E-state index is 5.27. The van der Waals surface area contributed by atoms with Crippen LogP contribution in [0.2, 0.25) is 0 Å². The fourth-order valence-electron chi connectivity index (χ4n) is 7.13. The number of aryl methyl sites for hydroxylation is 1. The molecule has 5 aromatic carbocycles. The van der Waals surface area contributed by atoms with E-state index in [1.54, 1.807) is 0 Å². The Bertz CT molecular complexity index is 2260. The highest BCUT2D eigenvalue weighted by atomic mass is 15.2. The van der Waals surface area contributed by atoms with Crippen LogP contribution in [0.5, 0.6) is 0 Å². The molecule has 1 aliphatic carbocycles. The zero-order chi connectivity index (χ0) is 29.0. The second kappa shape index (κ2) is 10.1. The van der Waals surface area contributed by atoms with Gasteiger partial charge in [0.05, 0.1) is 27.9 Å². The van der Waals surface area contributed by atoms with Crippen LogP contribution in [0, 0.1) is 0 Å². The molecule has 3 aromatic heterocycles. The van der Waals surface area contributed by atoms with E-state index in [1.807, 2.05) is 0 Å². The van der Waals surface area contributed by atoms with Crippen molar-refractivity contribution in [2.75, 3.05) is 0 Å². The SMILES string of the molecule is c1ccc(-c2cc(-c3ccccc3)nc(-n3c4c(c5cc6c(cc53)c3ccccc3n6-c3ccccc3)CCCC4)n2)cc1. The van der Waals surface area contributed by atoms with Gasteiger partial charge in [-0.25, -0.2) is 9.97 Å². The molecule has 44 heavy (non-hydrogen) atoms. The normalized spacial score (nSPS) is 13.1. The molecule has 9 rings (SSSR count). The molecule has 0 spiro atoms. The smallest absolute Gasteiger partial charge is 0.235 e. The molecular formula is C40H30N4. The third kappa shape index (κ3) is 3.91. The molecule has 210 valence electrons. The van der Waals surface area contributed by atoms with Crippen LogP contribution in [0.1, 0.15) is 24.1 Å². The molecule has 0 atom stereocenters. The van der Waals surface area contributed by atoms with Crippen LogP contribution in [0.25, 0.3) is 66.9 Å². The lowest BCUT2D eigenvalue weighted by Crippen LogP contribution is -2.10. The first-order chi connectivity index (χ1) is 21.8. The third-order valence-corrected chi connectivity index (χ3v) is 9.13. The Morgan fingerprint density at radius 3 is 1.73 bits per heavy atom. The van der Waals surface area contributed by atoms with Crippen molar-refractivity contribution in [3.8, 4) is 34.2 Å². The van der Waals surface area contributed by atoms with Gasteiger partial charge in [0.1, 0.15) is 0 Å². The molecule has 0 aliphatic heterocycles. The summed E-state index contributed by atoms with van der Waals surface area (Å²) in [4.78, 5) is 10.5. The van der Waals surface area contributed by atoms with E-state index >= 15 is 0 Å². The van der Waals surface area contributed by atoms with Crippen LogP contribution in [0.15, 0.2) is 133 Å². The number of benzene rings is 5. The largest absolute Gasteiger partial charge is 0.309 e. The van der Waals surface area contributed by atoms with Crippen molar-refractivity contribution >= 4 is 32.7 Å². The van der Waals surface area contributed by atoms with E-state index in [-0.39, 0.29) is 0 Å². The van der Waals surface area contributed by atoms with Crippen LogP contribution in [0.3, 0.4) is 0 Å². The van der Waals surface area contributed by atoms with E-state index in [2.05, 4.69) is 143 Å². The van der Waals surface area contributed by atoms with Gasteiger partial charge in [-0.3, -0.25) is 4.57 Å². The topological polar surface area (TPSA) is 35.6 Å². The van der Waals surface area contributed by atoms with E-state index in [0.717, 1.165) is 41.3 Å². The van der Waals surface area contributed by atoms with Crippen molar-refractivity contribution in [1.82, 2.24) is 19.1 Å². The highest BCUT2D eigenvalue weighted by Gasteiger charge is 2.25. The number of hydrogen-bond donors (Lipinski definition) is 0. The lowest BCUT2D eigenvalue weighted by molar-refractivity contribution is 0.662. The Morgan fingerprint density at radius 2 is 1.02 bits per heavy atom. The van der Waals surface area contributed by atoms with Crippen molar-refractivity contribution < 1.29 is 0 Å². The summed E-state index contributed by atoms with van der Waals surface area (Å²) in [5.41, 5.74) is 11.6.